The number of aryl methyl sites for hydroxylation is 1. The molecule has 1 aromatic carbocycles. The van der Waals surface area contributed by atoms with Gasteiger partial charge in [0.1, 0.15) is 5.54 Å². The van der Waals surface area contributed by atoms with E-state index in [1.807, 2.05) is 38.1 Å². The first-order chi connectivity index (χ1) is 11.4. The van der Waals surface area contributed by atoms with Crippen molar-refractivity contribution < 1.29 is 14.7 Å². The molecule has 0 atom stereocenters. The molecule has 1 aliphatic rings. The maximum atomic E-state index is 12.6. The van der Waals surface area contributed by atoms with E-state index in [0.717, 1.165) is 24.1 Å². The number of carbonyl (C=O) groups excluding carboxylic acids is 1. The second-order valence-electron chi connectivity index (χ2n) is 6.39. The molecule has 1 aromatic heterocycles. The second-order valence-corrected chi connectivity index (χ2v) is 6.39. The summed E-state index contributed by atoms with van der Waals surface area (Å²) >= 11 is 0. The Labute approximate surface area is 140 Å². The van der Waals surface area contributed by atoms with E-state index in [1.54, 1.807) is 4.68 Å². The number of carbonyl (C=O) groups is 2. The fourth-order valence-electron chi connectivity index (χ4n) is 3.33. The number of amides is 1. The van der Waals surface area contributed by atoms with E-state index in [4.69, 9.17) is 0 Å². The molecule has 126 valence electrons. The summed E-state index contributed by atoms with van der Waals surface area (Å²) in [7, 11) is 0. The molecule has 1 fully saturated rings. The number of benzene rings is 1. The number of hydrogen-bond donors (Lipinski definition) is 2. The Morgan fingerprint density at radius 3 is 2.50 bits per heavy atom. The first kappa shape index (κ1) is 16.2. The largest absolute Gasteiger partial charge is 0.480 e. The maximum absolute atomic E-state index is 12.6. The number of nitrogens with zero attached hydrogens (tertiary/aromatic N) is 2. The molecule has 2 aromatic rings. The highest BCUT2D eigenvalue weighted by Gasteiger charge is 2.43. The Morgan fingerprint density at radius 2 is 1.88 bits per heavy atom. The summed E-state index contributed by atoms with van der Waals surface area (Å²) < 4.78 is 1.71. The lowest BCUT2D eigenvalue weighted by molar-refractivity contribution is -0.144. The van der Waals surface area contributed by atoms with Crippen LogP contribution < -0.4 is 5.32 Å². The Morgan fingerprint density at radius 1 is 1.21 bits per heavy atom. The first-order valence-electron chi connectivity index (χ1n) is 8.11. The lowest BCUT2D eigenvalue weighted by Crippen LogP contribution is -2.52. The Kier molecular flexibility index (Phi) is 4.13. The van der Waals surface area contributed by atoms with Crippen molar-refractivity contribution in [3.8, 4) is 5.69 Å². The van der Waals surface area contributed by atoms with Crippen LogP contribution in [0.15, 0.2) is 30.5 Å². The number of rotatable bonds is 4. The van der Waals surface area contributed by atoms with Gasteiger partial charge in [0.15, 0.2) is 0 Å². The normalized spacial score (nSPS) is 16.1. The molecule has 1 aliphatic carbocycles. The van der Waals surface area contributed by atoms with Crippen molar-refractivity contribution in [1.82, 2.24) is 15.1 Å². The topological polar surface area (TPSA) is 84.2 Å². The van der Waals surface area contributed by atoms with E-state index in [-0.39, 0.29) is 5.91 Å². The van der Waals surface area contributed by atoms with Crippen LogP contribution in [-0.4, -0.2) is 32.3 Å². The minimum atomic E-state index is -1.14. The first-order valence-corrected chi connectivity index (χ1v) is 8.11. The molecular weight excluding hydrogens is 306 g/mol. The Bertz CT molecular complexity index is 789. The van der Waals surface area contributed by atoms with Gasteiger partial charge in [0.05, 0.1) is 23.1 Å². The van der Waals surface area contributed by atoms with E-state index in [2.05, 4.69) is 10.4 Å². The van der Waals surface area contributed by atoms with Gasteiger partial charge in [-0.1, -0.05) is 31.0 Å². The molecule has 24 heavy (non-hydrogen) atoms. The highest BCUT2D eigenvalue weighted by Crippen LogP contribution is 2.30. The van der Waals surface area contributed by atoms with Gasteiger partial charge in [0.2, 0.25) is 0 Å². The van der Waals surface area contributed by atoms with Gasteiger partial charge < -0.3 is 10.4 Å². The summed E-state index contributed by atoms with van der Waals surface area (Å²) in [6.07, 6.45) is 4.07. The van der Waals surface area contributed by atoms with E-state index >= 15 is 0 Å². The molecule has 1 heterocycles. The molecule has 6 heteroatoms. The van der Waals surface area contributed by atoms with Crippen LogP contribution in [0, 0.1) is 13.8 Å². The van der Waals surface area contributed by atoms with Gasteiger partial charge in [0, 0.05) is 0 Å². The van der Waals surface area contributed by atoms with Crippen LogP contribution in [0.3, 0.4) is 0 Å². The zero-order chi connectivity index (χ0) is 17.3. The van der Waals surface area contributed by atoms with Crippen molar-refractivity contribution in [2.24, 2.45) is 0 Å². The Hall–Kier alpha value is -2.63. The van der Waals surface area contributed by atoms with E-state index in [1.165, 1.54) is 6.20 Å². The number of aromatic nitrogens is 2. The van der Waals surface area contributed by atoms with Gasteiger partial charge in [-0.15, -0.1) is 0 Å². The van der Waals surface area contributed by atoms with Crippen molar-refractivity contribution >= 4 is 11.9 Å². The molecule has 0 radical (unpaired) electrons. The zero-order valence-electron chi connectivity index (χ0n) is 13.9. The van der Waals surface area contributed by atoms with Crippen molar-refractivity contribution in [3.05, 3.63) is 47.3 Å². The maximum Gasteiger partial charge on any atom is 0.329 e. The number of aliphatic carboxylic acids is 1. The number of carboxylic acid groups (broad SMARTS) is 1. The number of nitrogens with one attached hydrogen (secondary N) is 1. The second kappa shape index (κ2) is 6.11. The van der Waals surface area contributed by atoms with Crippen molar-refractivity contribution in [2.75, 3.05) is 0 Å². The molecule has 0 aliphatic heterocycles. The molecule has 0 saturated heterocycles. The van der Waals surface area contributed by atoms with Gasteiger partial charge in [0.25, 0.3) is 5.91 Å². The summed E-state index contributed by atoms with van der Waals surface area (Å²) in [4.78, 5) is 24.2. The van der Waals surface area contributed by atoms with Gasteiger partial charge >= 0.3 is 5.97 Å². The quantitative estimate of drug-likeness (QED) is 0.904. The Balaban J connectivity index is 1.90. The van der Waals surface area contributed by atoms with E-state index < -0.39 is 11.5 Å². The van der Waals surface area contributed by atoms with Gasteiger partial charge in [-0.2, -0.15) is 5.10 Å². The smallest absolute Gasteiger partial charge is 0.329 e. The summed E-state index contributed by atoms with van der Waals surface area (Å²) in [6, 6.07) is 7.78. The fraction of sp³-hybridized carbons (Fsp3) is 0.389. The molecule has 0 spiro atoms. The average molecular weight is 327 g/mol. The number of carboxylic acids is 1. The highest BCUT2D eigenvalue weighted by atomic mass is 16.4. The molecular formula is C18H21N3O3. The lowest BCUT2D eigenvalue weighted by Gasteiger charge is -2.25. The summed E-state index contributed by atoms with van der Waals surface area (Å²) in [5.41, 5.74) is 1.91. The standard InChI is InChI=1S/C18H21N3O3/c1-12-7-3-4-8-15(12)21-13(2)14(11-19-21)16(22)20-18(17(23)24)9-5-6-10-18/h3-4,7-8,11H,5-6,9-10H2,1-2H3,(H,20,22)(H,23,24). The average Bonchev–Trinajstić information content (AvgIpc) is 3.16. The predicted octanol–water partition coefficient (Wildman–Crippen LogP) is 2.62. The molecule has 6 nitrogen and oxygen atoms in total. The third kappa shape index (κ3) is 2.68. The summed E-state index contributed by atoms with van der Waals surface area (Å²) in [5, 5.41) is 16.6. The van der Waals surface area contributed by atoms with Crippen molar-refractivity contribution in [1.29, 1.82) is 0 Å². The van der Waals surface area contributed by atoms with E-state index in [0.29, 0.717) is 24.1 Å². The third-order valence-corrected chi connectivity index (χ3v) is 4.82. The van der Waals surface area contributed by atoms with Crippen molar-refractivity contribution in [2.45, 2.75) is 45.1 Å². The number of para-hydroxylation sites is 1. The van der Waals surface area contributed by atoms with Crippen LogP contribution in [0.25, 0.3) is 5.69 Å². The fourth-order valence-corrected chi connectivity index (χ4v) is 3.33. The summed E-state index contributed by atoms with van der Waals surface area (Å²) in [5.74, 6) is -1.34. The summed E-state index contributed by atoms with van der Waals surface area (Å²) in [6.45, 7) is 3.80. The molecule has 3 rings (SSSR count). The van der Waals surface area contributed by atoms with Gasteiger partial charge in [-0.25, -0.2) is 9.48 Å². The monoisotopic (exact) mass is 327 g/mol. The van der Waals surface area contributed by atoms with Crippen LogP contribution in [0.4, 0.5) is 0 Å². The van der Waals surface area contributed by atoms with Gasteiger partial charge in [-0.3, -0.25) is 4.79 Å². The molecule has 2 N–H and O–H groups in total. The van der Waals surface area contributed by atoms with E-state index in [9.17, 15) is 14.7 Å². The van der Waals surface area contributed by atoms with Crippen molar-refractivity contribution in [3.63, 3.8) is 0 Å². The molecule has 1 saturated carbocycles. The van der Waals surface area contributed by atoms with Crippen LogP contribution in [0.2, 0.25) is 0 Å². The van der Waals surface area contributed by atoms with Crippen LogP contribution >= 0.6 is 0 Å². The molecule has 0 bridgehead atoms. The van der Waals surface area contributed by atoms with Crippen LogP contribution in [-0.2, 0) is 4.79 Å². The minimum absolute atomic E-state index is 0.378. The third-order valence-electron chi connectivity index (χ3n) is 4.82. The highest BCUT2D eigenvalue weighted by molar-refractivity contribution is 5.98. The van der Waals surface area contributed by atoms with Gasteiger partial charge in [-0.05, 0) is 38.3 Å². The lowest BCUT2D eigenvalue weighted by atomic mass is 9.97. The zero-order valence-corrected chi connectivity index (χ0v) is 13.9. The predicted molar refractivity (Wildman–Crippen MR) is 89.3 cm³/mol. The molecule has 0 unspecified atom stereocenters. The molecule has 1 amide bonds. The van der Waals surface area contributed by atoms with Crippen LogP contribution in [0.1, 0.15) is 47.3 Å². The minimum Gasteiger partial charge on any atom is -0.480 e. The number of hydrogen-bond acceptors (Lipinski definition) is 3. The van der Waals surface area contributed by atoms with Crippen LogP contribution in [0.5, 0.6) is 0 Å². The SMILES string of the molecule is Cc1ccccc1-n1ncc(C(=O)NC2(C(=O)O)CCCC2)c1C.